The van der Waals surface area contributed by atoms with Crippen molar-refractivity contribution >= 4 is 12.3 Å². The number of rotatable bonds is 4. The lowest BCUT2D eigenvalue weighted by Crippen LogP contribution is -2.05. The lowest BCUT2D eigenvalue weighted by Gasteiger charge is -2.05. The van der Waals surface area contributed by atoms with Gasteiger partial charge >= 0.3 is 5.97 Å². The number of carboxylic acids is 1. The Morgan fingerprint density at radius 3 is 2.80 bits per heavy atom. The van der Waals surface area contributed by atoms with Crippen LogP contribution in [0.5, 0.6) is 0 Å². The zero-order valence-electron chi connectivity index (χ0n) is 8.24. The largest absolute Gasteiger partial charge is 0.478 e. The molecule has 0 bridgehead atoms. The van der Waals surface area contributed by atoms with Crippen molar-refractivity contribution in [2.75, 3.05) is 0 Å². The molecular formula is C11H11FO3. The van der Waals surface area contributed by atoms with E-state index in [0.717, 1.165) is 12.4 Å². The van der Waals surface area contributed by atoms with E-state index in [0.29, 0.717) is 12.0 Å². The minimum Gasteiger partial charge on any atom is -0.478 e. The molecule has 3 nitrogen and oxygen atoms in total. The average Bonchev–Trinajstić information content (AvgIpc) is 2.20. The molecule has 1 atom stereocenters. The van der Waals surface area contributed by atoms with Crippen molar-refractivity contribution in [3.05, 3.63) is 35.1 Å². The molecule has 1 rings (SSSR count). The number of carbonyl (C=O) groups is 2. The maximum absolute atomic E-state index is 13.0. The molecule has 0 fully saturated rings. The van der Waals surface area contributed by atoms with E-state index >= 15 is 0 Å². The average molecular weight is 210 g/mol. The first-order valence-corrected chi connectivity index (χ1v) is 4.51. The summed E-state index contributed by atoms with van der Waals surface area (Å²) < 4.78 is 13.0. The smallest absolute Gasteiger partial charge is 0.338 e. The van der Waals surface area contributed by atoms with Crippen LogP contribution in [0.4, 0.5) is 4.39 Å². The van der Waals surface area contributed by atoms with E-state index in [2.05, 4.69) is 0 Å². The molecule has 15 heavy (non-hydrogen) atoms. The Balaban J connectivity index is 2.97. The molecule has 0 spiro atoms. The van der Waals surface area contributed by atoms with Gasteiger partial charge in [-0.05, 0) is 24.1 Å². The number of aldehydes is 1. The van der Waals surface area contributed by atoms with E-state index in [-0.39, 0.29) is 11.5 Å². The van der Waals surface area contributed by atoms with Crippen molar-refractivity contribution in [1.29, 1.82) is 0 Å². The predicted octanol–water partition coefficient (Wildman–Crippen LogP) is 1.90. The monoisotopic (exact) mass is 210 g/mol. The quantitative estimate of drug-likeness (QED) is 0.772. The van der Waals surface area contributed by atoms with Gasteiger partial charge in [-0.25, -0.2) is 9.18 Å². The van der Waals surface area contributed by atoms with Gasteiger partial charge in [0.05, 0.1) is 5.56 Å². The third-order valence-electron chi connectivity index (χ3n) is 2.05. The molecule has 4 heteroatoms. The lowest BCUT2D eigenvalue weighted by molar-refractivity contribution is -0.110. The highest BCUT2D eigenvalue weighted by Gasteiger charge is 2.11. The molecule has 1 unspecified atom stereocenters. The summed E-state index contributed by atoms with van der Waals surface area (Å²) in [6.45, 7) is 1.72. The van der Waals surface area contributed by atoms with Gasteiger partial charge in [0.15, 0.2) is 0 Å². The first kappa shape index (κ1) is 11.4. The summed E-state index contributed by atoms with van der Waals surface area (Å²) in [6, 6.07) is 3.86. The third-order valence-corrected chi connectivity index (χ3v) is 2.05. The number of aromatic carboxylic acids is 1. The van der Waals surface area contributed by atoms with E-state index < -0.39 is 11.8 Å². The van der Waals surface area contributed by atoms with E-state index in [4.69, 9.17) is 5.11 Å². The fourth-order valence-corrected chi connectivity index (χ4v) is 1.28. The van der Waals surface area contributed by atoms with Crippen molar-refractivity contribution in [3.63, 3.8) is 0 Å². The molecule has 1 aromatic rings. The summed E-state index contributed by atoms with van der Waals surface area (Å²) in [5.74, 6) is -2.25. The third kappa shape index (κ3) is 2.87. The Labute approximate surface area is 86.5 Å². The second-order valence-corrected chi connectivity index (χ2v) is 3.44. The van der Waals surface area contributed by atoms with Gasteiger partial charge in [-0.1, -0.05) is 13.0 Å². The minimum atomic E-state index is -1.30. The predicted molar refractivity (Wildman–Crippen MR) is 52.3 cm³/mol. The van der Waals surface area contributed by atoms with Gasteiger partial charge in [0.2, 0.25) is 0 Å². The molecule has 0 saturated heterocycles. The van der Waals surface area contributed by atoms with Gasteiger partial charge in [-0.3, -0.25) is 0 Å². The lowest BCUT2D eigenvalue weighted by atomic mass is 10.0. The van der Waals surface area contributed by atoms with Gasteiger partial charge in [0.1, 0.15) is 12.1 Å². The minimum absolute atomic E-state index is 0.197. The van der Waals surface area contributed by atoms with Crippen molar-refractivity contribution in [1.82, 2.24) is 0 Å². The van der Waals surface area contributed by atoms with Crippen LogP contribution in [-0.2, 0) is 11.2 Å². The van der Waals surface area contributed by atoms with Gasteiger partial charge in [0, 0.05) is 5.92 Å². The van der Waals surface area contributed by atoms with Gasteiger partial charge < -0.3 is 9.90 Å². The van der Waals surface area contributed by atoms with Crippen LogP contribution >= 0.6 is 0 Å². The van der Waals surface area contributed by atoms with E-state index in [1.165, 1.54) is 12.1 Å². The number of benzene rings is 1. The van der Waals surface area contributed by atoms with Crippen molar-refractivity contribution < 1.29 is 19.1 Å². The van der Waals surface area contributed by atoms with Crippen LogP contribution in [0.25, 0.3) is 0 Å². The SMILES string of the molecule is CC(C=O)Cc1ccc(F)c(C(=O)O)c1. The molecule has 0 aliphatic carbocycles. The fraction of sp³-hybridized carbons (Fsp3) is 0.273. The fourth-order valence-electron chi connectivity index (χ4n) is 1.28. The number of carboxylic acid groups (broad SMARTS) is 1. The summed E-state index contributed by atoms with van der Waals surface area (Å²) in [5, 5.41) is 8.67. The van der Waals surface area contributed by atoms with Crippen LogP contribution in [0.2, 0.25) is 0 Å². The molecule has 0 aliphatic heterocycles. The molecule has 1 N–H and O–H groups in total. The summed E-state index contributed by atoms with van der Waals surface area (Å²) >= 11 is 0. The standard InChI is InChI=1S/C11H11FO3/c1-7(6-13)4-8-2-3-10(12)9(5-8)11(14)15/h2-3,5-7H,4H2,1H3,(H,14,15). The molecule has 0 aromatic heterocycles. The molecule has 80 valence electrons. The Morgan fingerprint density at radius 2 is 2.27 bits per heavy atom. The van der Waals surface area contributed by atoms with Crippen molar-refractivity contribution in [2.45, 2.75) is 13.3 Å². The van der Waals surface area contributed by atoms with Crippen LogP contribution in [-0.4, -0.2) is 17.4 Å². The topological polar surface area (TPSA) is 54.4 Å². The second kappa shape index (κ2) is 4.68. The summed E-state index contributed by atoms with van der Waals surface area (Å²) in [6.07, 6.45) is 1.20. The zero-order chi connectivity index (χ0) is 11.4. The highest BCUT2D eigenvalue weighted by Crippen LogP contribution is 2.13. The molecule has 0 saturated carbocycles. The maximum atomic E-state index is 13.0. The van der Waals surface area contributed by atoms with E-state index in [1.807, 2.05) is 0 Å². The maximum Gasteiger partial charge on any atom is 0.338 e. The number of hydrogen-bond acceptors (Lipinski definition) is 2. The van der Waals surface area contributed by atoms with Crippen molar-refractivity contribution in [3.8, 4) is 0 Å². The first-order chi connectivity index (χ1) is 7.04. The number of halogens is 1. The van der Waals surface area contributed by atoms with E-state index in [9.17, 15) is 14.0 Å². The van der Waals surface area contributed by atoms with Gasteiger partial charge in [-0.15, -0.1) is 0 Å². The van der Waals surface area contributed by atoms with Crippen LogP contribution in [0, 0.1) is 11.7 Å². The molecule has 0 heterocycles. The number of hydrogen-bond donors (Lipinski definition) is 1. The molecular weight excluding hydrogens is 199 g/mol. The Kier molecular flexibility index (Phi) is 3.55. The Morgan fingerprint density at radius 1 is 1.60 bits per heavy atom. The summed E-state index contributed by atoms with van der Waals surface area (Å²) in [7, 11) is 0. The Bertz CT molecular complexity index is 387. The molecule has 0 radical (unpaired) electrons. The summed E-state index contributed by atoms with van der Waals surface area (Å²) in [5.41, 5.74) is 0.291. The molecule has 0 aliphatic rings. The highest BCUT2D eigenvalue weighted by atomic mass is 19.1. The van der Waals surface area contributed by atoms with Crippen LogP contribution in [0.15, 0.2) is 18.2 Å². The Hall–Kier alpha value is -1.71. The number of carbonyl (C=O) groups excluding carboxylic acids is 1. The molecule has 0 amide bonds. The highest BCUT2D eigenvalue weighted by molar-refractivity contribution is 5.88. The van der Waals surface area contributed by atoms with Crippen LogP contribution < -0.4 is 0 Å². The van der Waals surface area contributed by atoms with E-state index in [1.54, 1.807) is 6.92 Å². The summed E-state index contributed by atoms with van der Waals surface area (Å²) in [4.78, 5) is 21.0. The van der Waals surface area contributed by atoms with Crippen molar-refractivity contribution in [2.24, 2.45) is 5.92 Å². The van der Waals surface area contributed by atoms with Crippen LogP contribution in [0.1, 0.15) is 22.8 Å². The van der Waals surface area contributed by atoms with Crippen LogP contribution in [0.3, 0.4) is 0 Å². The normalized spacial score (nSPS) is 12.1. The first-order valence-electron chi connectivity index (χ1n) is 4.51. The van der Waals surface area contributed by atoms with Gasteiger partial charge in [0.25, 0.3) is 0 Å². The zero-order valence-corrected chi connectivity index (χ0v) is 8.24. The second-order valence-electron chi connectivity index (χ2n) is 3.44. The van der Waals surface area contributed by atoms with Gasteiger partial charge in [-0.2, -0.15) is 0 Å². The molecule has 1 aromatic carbocycles.